The molecule has 7 nitrogen and oxygen atoms in total. The Morgan fingerprint density at radius 1 is 1.21 bits per heavy atom. The maximum absolute atomic E-state index is 12.2. The molecule has 28 heavy (non-hydrogen) atoms. The van der Waals surface area contributed by atoms with Crippen molar-refractivity contribution in [1.82, 2.24) is 10.3 Å². The Labute approximate surface area is 167 Å². The molecule has 2 aliphatic rings. The van der Waals surface area contributed by atoms with Gasteiger partial charge >= 0.3 is 0 Å². The quantitative estimate of drug-likeness (QED) is 0.742. The summed E-state index contributed by atoms with van der Waals surface area (Å²) in [6.45, 7) is 6.08. The van der Waals surface area contributed by atoms with Gasteiger partial charge in [0.15, 0.2) is 9.84 Å². The van der Waals surface area contributed by atoms with E-state index in [1.54, 1.807) is 6.20 Å². The fourth-order valence-electron chi connectivity index (χ4n) is 4.01. The molecule has 2 heterocycles. The van der Waals surface area contributed by atoms with Crippen molar-refractivity contribution in [1.29, 1.82) is 0 Å². The first-order valence-corrected chi connectivity index (χ1v) is 11.9. The molecule has 0 spiro atoms. The lowest BCUT2D eigenvalue weighted by Gasteiger charge is -2.36. The van der Waals surface area contributed by atoms with Gasteiger partial charge < -0.3 is 15.0 Å². The van der Waals surface area contributed by atoms with E-state index in [1.807, 2.05) is 12.1 Å². The molecule has 3 rings (SSSR count). The van der Waals surface area contributed by atoms with E-state index in [0.29, 0.717) is 6.54 Å². The van der Waals surface area contributed by atoms with Crippen LogP contribution in [-0.2, 0) is 25.9 Å². The average Bonchev–Trinajstić information content (AvgIpc) is 3.20. The van der Waals surface area contributed by atoms with E-state index >= 15 is 0 Å². The van der Waals surface area contributed by atoms with Gasteiger partial charge in [-0.1, -0.05) is 18.9 Å². The van der Waals surface area contributed by atoms with Crippen LogP contribution in [0, 0.1) is 0 Å². The van der Waals surface area contributed by atoms with E-state index in [9.17, 15) is 13.2 Å². The SMILES string of the molecule is CC1CN(c2ccc(CNC(=O)CCS(=O)(=O)C3CCCC3)cn2)CC(C)O1. The second-order valence-corrected chi connectivity index (χ2v) is 10.4. The molecule has 1 N–H and O–H groups in total. The van der Waals surface area contributed by atoms with Crippen LogP contribution in [0.2, 0.25) is 0 Å². The maximum atomic E-state index is 12.2. The van der Waals surface area contributed by atoms with Crippen molar-refractivity contribution >= 4 is 21.6 Å². The Hall–Kier alpha value is -1.67. The number of anilines is 1. The molecule has 0 bridgehead atoms. The zero-order chi connectivity index (χ0) is 20.1. The van der Waals surface area contributed by atoms with E-state index in [2.05, 4.69) is 29.0 Å². The van der Waals surface area contributed by atoms with Crippen LogP contribution < -0.4 is 10.2 Å². The standard InChI is InChI=1S/C20H31N3O4S/c1-15-13-23(14-16(2)27-15)19-8-7-17(11-21-19)12-22-20(24)9-10-28(25,26)18-5-3-4-6-18/h7-8,11,15-16,18H,3-6,9-10,12-14H2,1-2H3,(H,22,24). The van der Waals surface area contributed by atoms with Crippen molar-refractivity contribution in [3.63, 3.8) is 0 Å². The number of nitrogens with one attached hydrogen (secondary N) is 1. The van der Waals surface area contributed by atoms with Crippen LogP contribution in [0.5, 0.6) is 0 Å². The molecule has 2 fully saturated rings. The molecule has 1 amide bonds. The summed E-state index contributed by atoms with van der Waals surface area (Å²) in [6, 6.07) is 3.90. The minimum atomic E-state index is -3.15. The summed E-state index contributed by atoms with van der Waals surface area (Å²) in [5.74, 6) is 0.606. The molecule has 1 aromatic rings. The average molecular weight is 410 g/mol. The Bertz CT molecular complexity index is 750. The number of hydrogen-bond donors (Lipinski definition) is 1. The number of amides is 1. The number of aromatic nitrogens is 1. The molecule has 0 radical (unpaired) electrons. The second-order valence-electron chi connectivity index (χ2n) is 7.99. The fourth-order valence-corrected chi connectivity index (χ4v) is 5.87. The molecule has 156 valence electrons. The molecule has 1 aromatic heterocycles. The highest BCUT2D eigenvalue weighted by Crippen LogP contribution is 2.25. The number of sulfone groups is 1. The number of rotatable bonds is 7. The van der Waals surface area contributed by atoms with Gasteiger partial charge in [0, 0.05) is 32.3 Å². The molecule has 1 saturated heterocycles. The smallest absolute Gasteiger partial charge is 0.221 e. The molecule has 1 aliphatic heterocycles. The summed E-state index contributed by atoms with van der Waals surface area (Å²) in [6.07, 6.45) is 5.55. The van der Waals surface area contributed by atoms with Gasteiger partial charge in [0.2, 0.25) is 5.91 Å². The first-order valence-electron chi connectivity index (χ1n) is 10.2. The van der Waals surface area contributed by atoms with Gasteiger partial charge in [-0.15, -0.1) is 0 Å². The van der Waals surface area contributed by atoms with Crippen molar-refractivity contribution in [2.45, 2.75) is 70.0 Å². The molecule has 0 aromatic carbocycles. The maximum Gasteiger partial charge on any atom is 0.221 e. The van der Waals surface area contributed by atoms with Crippen LogP contribution in [0.3, 0.4) is 0 Å². The van der Waals surface area contributed by atoms with Crippen LogP contribution in [0.15, 0.2) is 18.3 Å². The summed E-state index contributed by atoms with van der Waals surface area (Å²) >= 11 is 0. The summed E-state index contributed by atoms with van der Waals surface area (Å²) in [4.78, 5) is 18.8. The van der Waals surface area contributed by atoms with Gasteiger partial charge in [-0.3, -0.25) is 4.79 Å². The highest BCUT2D eigenvalue weighted by molar-refractivity contribution is 7.92. The van der Waals surface area contributed by atoms with Crippen LogP contribution >= 0.6 is 0 Å². The summed E-state index contributed by atoms with van der Waals surface area (Å²) in [5.41, 5.74) is 0.894. The van der Waals surface area contributed by atoms with Crippen LogP contribution in [0.1, 0.15) is 51.5 Å². The largest absolute Gasteiger partial charge is 0.372 e. The molecular weight excluding hydrogens is 378 g/mol. The summed E-state index contributed by atoms with van der Waals surface area (Å²) in [7, 11) is -3.15. The predicted octanol–water partition coefficient (Wildman–Crippen LogP) is 2.06. The van der Waals surface area contributed by atoms with Crippen LogP contribution in [0.4, 0.5) is 5.82 Å². The Morgan fingerprint density at radius 3 is 2.50 bits per heavy atom. The Kier molecular flexibility index (Phi) is 6.93. The predicted molar refractivity (Wildman–Crippen MR) is 109 cm³/mol. The zero-order valence-corrected chi connectivity index (χ0v) is 17.6. The highest BCUT2D eigenvalue weighted by atomic mass is 32.2. The van der Waals surface area contributed by atoms with Gasteiger partial charge in [-0.2, -0.15) is 0 Å². The van der Waals surface area contributed by atoms with Gasteiger partial charge in [0.1, 0.15) is 5.82 Å². The van der Waals surface area contributed by atoms with Crippen molar-refractivity contribution in [2.75, 3.05) is 23.7 Å². The third-order valence-electron chi connectivity index (χ3n) is 5.47. The lowest BCUT2D eigenvalue weighted by atomic mass is 10.2. The minimum Gasteiger partial charge on any atom is -0.372 e. The van der Waals surface area contributed by atoms with Crippen molar-refractivity contribution in [2.24, 2.45) is 0 Å². The van der Waals surface area contributed by atoms with Gasteiger partial charge in [0.05, 0.1) is 23.2 Å². The van der Waals surface area contributed by atoms with E-state index in [1.165, 1.54) is 0 Å². The molecule has 1 aliphatic carbocycles. The van der Waals surface area contributed by atoms with Gasteiger partial charge in [-0.25, -0.2) is 13.4 Å². The van der Waals surface area contributed by atoms with Crippen molar-refractivity contribution in [3.8, 4) is 0 Å². The number of nitrogens with zero attached hydrogens (tertiary/aromatic N) is 2. The third-order valence-corrected chi connectivity index (χ3v) is 7.73. The number of carbonyl (C=O) groups excluding carboxylic acids is 1. The zero-order valence-electron chi connectivity index (χ0n) is 16.8. The number of carbonyl (C=O) groups is 1. The molecule has 2 atom stereocenters. The Morgan fingerprint density at radius 2 is 1.89 bits per heavy atom. The number of ether oxygens (including phenoxy) is 1. The van der Waals surface area contributed by atoms with Crippen LogP contribution in [0.25, 0.3) is 0 Å². The second kappa shape index (κ2) is 9.22. The van der Waals surface area contributed by atoms with E-state index in [-0.39, 0.29) is 35.5 Å². The van der Waals surface area contributed by atoms with E-state index < -0.39 is 9.84 Å². The van der Waals surface area contributed by atoms with E-state index in [0.717, 1.165) is 50.2 Å². The molecule has 8 heteroatoms. The number of pyridine rings is 1. The normalized spacial score (nSPS) is 23.7. The molecular formula is C20H31N3O4S. The molecule has 1 saturated carbocycles. The Balaban J connectivity index is 1.45. The lowest BCUT2D eigenvalue weighted by Crippen LogP contribution is -2.45. The number of hydrogen-bond acceptors (Lipinski definition) is 6. The van der Waals surface area contributed by atoms with Crippen molar-refractivity contribution in [3.05, 3.63) is 23.9 Å². The van der Waals surface area contributed by atoms with Gasteiger partial charge in [-0.05, 0) is 38.3 Å². The first kappa shape index (κ1) is 21.0. The van der Waals surface area contributed by atoms with Crippen LogP contribution in [-0.4, -0.2) is 55.6 Å². The fraction of sp³-hybridized carbons (Fsp3) is 0.700. The van der Waals surface area contributed by atoms with E-state index in [4.69, 9.17) is 4.74 Å². The van der Waals surface area contributed by atoms with Gasteiger partial charge in [0.25, 0.3) is 0 Å². The molecule has 2 unspecified atom stereocenters. The topological polar surface area (TPSA) is 88.6 Å². The number of morpholine rings is 1. The summed E-state index contributed by atoms with van der Waals surface area (Å²) in [5, 5.41) is 2.55. The third kappa shape index (κ3) is 5.67. The van der Waals surface area contributed by atoms with Crippen molar-refractivity contribution < 1.29 is 17.9 Å². The lowest BCUT2D eigenvalue weighted by molar-refractivity contribution is -0.120. The monoisotopic (exact) mass is 409 g/mol. The minimum absolute atomic E-state index is 0.0217. The first-order chi connectivity index (χ1) is 13.3. The highest BCUT2D eigenvalue weighted by Gasteiger charge is 2.28. The summed E-state index contributed by atoms with van der Waals surface area (Å²) < 4.78 is 30.2.